The van der Waals surface area contributed by atoms with Crippen molar-refractivity contribution < 1.29 is 4.79 Å². The molecule has 0 radical (unpaired) electrons. The molecule has 1 unspecified atom stereocenters. The van der Waals surface area contributed by atoms with E-state index in [0.29, 0.717) is 6.54 Å². The van der Waals surface area contributed by atoms with E-state index >= 15 is 0 Å². The highest BCUT2D eigenvalue weighted by Gasteiger charge is 2.47. The highest BCUT2D eigenvalue weighted by molar-refractivity contribution is 5.83. The number of H-pyrrole nitrogens is 1. The second kappa shape index (κ2) is 7.41. The first kappa shape index (κ1) is 20.9. The fourth-order valence-electron chi connectivity index (χ4n) is 5.48. The van der Waals surface area contributed by atoms with Gasteiger partial charge in [-0.15, -0.1) is 0 Å². The Morgan fingerprint density at radius 3 is 2.85 bits per heavy atom. The topological polar surface area (TPSA) is 91.7 Å². The Hall–Kier alpha value is -3.68. The third-order valence-electron chi connectivity index (χ3n) is 7.52. The predicted octanol–water partition coefficient (Wildman–Crippen LogP) is 4.12. The average molecular weight is 456 g/mol. The lowest BCUT2D eigenvalue weighted by molar-refractivity contribution is 0.193. The van der Waals surface area contributed by atoms with E-state index < -0.39 is 5.54 Å². The molecule has 8 heteroatoms. The molecule has 6 heterocycles. The zero-order valence-corrected chi connectivity index (χ0v) is 19.8. The molecule has 34 heavy (non-hydrogen) atoms. The number of hydrogen-bond acceptors (Lipinski definition) is 4. The van der Waals surface area contributed by atoms with Gasteiger partial charge in [-0.2, -0.15) is 5.10 Å². The number of fused-ring (bicyclic) bond motifs is 3. The summed E-state index contributed by atoms with van der Waals surface area (Å²) in [6, 6.07) is 10.1. The molecule has 4 aromatic rings. The largest absolute Gasteiger partial charge is 0.346 e. The lowest BCUT2D eigenvalue weighted by Crippen LogP contribution is -2.48. The summed E-state index contributed by atoms with van der Waals surface area (Å²) in [5.41, 5.74) is 5.55. The Morgan fingerprint density at radius 1 is 1.18 bits per heavy atom. The molecule has 2 aliphatic heterocycles. The summed E-state index contributed by atoms with van der Waals surface area (Å²) in [5.74, 6) is 0. The van der Waals surface area contributed by atoms with Crippen molar-refractivity contribution in [2.75, 3.05) is 13.1 Å². The van der Waals surface area contributed by atoms with Crippen LogP contribution in [0.2, 0.25) is 0 Å². The van der Waals surface area contributed by atoms with E-state index in [-0.39, 0.29) is 11.4 Å². The van der Waals surface area contributed by atoms with Crippen molar-refractivity contribution in [2.24, 2.45) is 0 Å². The van der Waals surface area contributed by atoms with E-state index in [0.717, 1.165) is 53.9 Å². The number of nitrogens with zero attached hydrogens (tertiary/aromatic N) is 5. The fraction of sp³-hybridized carbons (Fsp3) is 0.385. The van der Waals surface area contributed by atoms with Crippen LogP contribution in [0.15, 0.2) is 48.9 Å². The van der Waals surface area contributed by atoms with Gasteiger partial charge in [-0.1, -0.05) is 6.07 Å². The number of nitrogens with one attached hydrogen (secondary N) is 2. The number of aromatic nitrogens is 5. The molecule has 8 nitrogen and oxygen atoms in total. The number of pyridine rings is 2. The Balaban J connectivity index is 1.22. The maximum absolute atomic E-state index is 13.2. The minimum Gasteiger partial charge on any atom is -0.346 e. The fourth-order valence-corrected chi connectivity index (χ4v) is 5.48. The summed E-state index contributed by atoms with van der Waals surface area (Å²) in [4.78, 5) is 27.4. The van der Waals surface area contributed by atoms with Crippen LogP contribution < -0.4 is 5.32 Å². The maximum Gasteiger partial charge on any atom is 0.318 e. The van der Waals surface area contributed by atoms with Crippen molar-refractivity contribution in [3.8, 4) is 11.3 Å². The van der Waals surface area contributed by atoms with Gasteiger partial charge in [-0.25, -0.2) is 9.78 Å². The first-order chi connectivity index (χ1) is 16.3. The number of carbonyl (C=O) groups is 1. The van der Waals surface area contributed by atoms with E-state index in [1.165, 1.54) is 11.3 Å². The summed E-state index contributed by atoms with van der Waals surface area (Å²) in [7, 11) is 0. The van der Waals surface area contributed by atoms with E-state index in [2.05, 4.69) is 44.0 Å². The molecule has 1 saturated heterocycles. The van der Waals surface area contributed by atoms with Crippen molar-refractivity contribution >= 4 is 17.1 Å². The van der Waals surface area contributed by atoms with Gasteiger partial charge in [-0.3, -0.25) is 9.67 Å². The van der Waals surface area contributed by atoms with Crippen LogP contribution in [-0.4, -0.2) is 48.8 Å². The van der Waals surface area contributed by atoms with E-state index in [9.17, 15) is 4.79 Å². The molecule has 2 amide bonds. The second-order valence-electron chi connectivity index (χ2n) is 10.2. The number of amides is 2. The molecule has 2 aliphatic rings. The number of aryl methyl sites for hydroxylation is 2. The number of rotatable bonds is 3. The van der Waals surface area contributed by atoms with Gasteiger partial charge in [-0.05, 0) is 63.4 Å². The molecule has 1 atom stereocenters. The van der Waals surface area contributed by atoms with Crippen LogP contribution in [0.3, 0.4) is 0 Å². The molecule has 1 spiro atoms. The molecule has 174 valence electrons. The van der Waals surface area contributed by atoms with Gasteiger partial charge in [0.25, 0.3) is 0 Å². The molecule has 0 saturated carbocycles. The quantitative estimate of drug-likeness (QED) is 0.486. The van der Waals surface area contributed by atoms with Gasteiger partial charge in [0.15, 0.2) is 0 Å². The normalized spacial score (nSPS) is 19.8. The standard InChI is InChI=1S/C26H29N7O/c1-17-14-28-23-19(17)12-18(15-29-23)20-13-22-26(8-11-33(22)31-20)7-10-32(16-26)24(34)30-25(2,3)21-6-4-5-9-27-21/h4-6,9,12-15H,7-8,10-11,16H2,1-3H3,(H,28,29)(H,30,34). The Labute approximate surface area is 198 Å². The maximum atomic E-state index is 13.2. The van der Waals surface area contributed by atoms with Crippen molar-refractivity contribution in [1.29, 1.82) is 0 Å². The van der Waals surface area contributed by atoms with Crippen LogP contribution in [0.25, 0.3) is 22.3 Å². The molecular weight excluding hydrogens is 426 g/mol. The third kappa shape index (κ3) is 3.28. The molecule has 1 fully saturated rings. The van der Waals surface area contributed by atoms with Crippen LogP contribution in [0.5, 0.6) is 0 Å². The predicted molar refractivity (Wildman–Crippen MR) is 130 cm³/mol. The Morgan fingerprint density at radius 2 is 2.03 bits per heavy atom. The summed E-state index contributed by atoms with van der Waals surface area (Å²) in [5, 5.41) is 9.22. The third-order valence-corrected chi connectivity index (χ3v) is 7.52. The average Bonchev–Trinajstić information content (AvgIpc) is 3.60. The molecule has 4 aromatic heterocycles. The summed E-state index contributed by atoms with van der Waals surface area (Å²) < 4.78 is 2.13. The van der Waals surface area contributed by atoms with Crippen LogP contribution in [0.1, 0.15) is 43.6 Å². The number of likely N-dealkylation sites (tertiary alicyclic amines) is 1. The van der Waals surface area contributed by atoms with Crippen molar-refractivity contribution in [3.05, 3.63) is 65.9 Å². The van der Waals surface area contributed by atoms with E-state index in [4.69, 9.17) is 5.10 Å². The van der Waals surface area contributed by atoms with Crippen LogP contribution in [0, 0.1) is 6.92 Å². The van der Waals surface area contributed by atoms with Gasteiger partial charge in [0.2, 0.25) is 0 Å². The minimum atomic E-state index is -0.541. The number of hydrogen-bond donors (Lipinski definition) is 2. The van der Waals surface area contributed by atoms with Crippen LogP contribution >= 0.6 is 0 Å². The zero-order chi connectivity index (χ0) is 23.5. The highest BCUT2D eigenvalue weighted by Crippen LogP contribution is 2.44. The van der Waals surface area contributed by atoms with Crippen molar-refractivity contribution in [1.82, 2.24) is 34.9 Å². The van der Waals surface area contributed by atoms with Crippen LogP contribution in [-0.2, 0) is 17.5 Å². The smallest absolute Gasteiger partial charge is 0.318 e. The van der Waals surface area contributed by atoms with Crippen molar-refractivity contribution in [3.63, 3.8) is 0 Å². The van der Waals surface area contributed by atoms with Gasteiger partial charge in [0, 0.05) is 60.3 Å². The van der Waals surface area contributed by atoms with Gasteiger partial charge in [0.05, 0.1) is 16.9 Å². The van der Waals surface area contributed by atoms with E-state index in [1.807, 2.05) is 49.3 Å². The second-order valence-corrected chi connectivity index (χ2v) is 10.2. The molecule has 0 bridgehead atoms. The molecular formula is C26H29N7O. The minimum absolute atomic E-state index is 0.0386. The monoisotopic (exact) mass is 455 g/mol. The summed E-state index contributed by atoms with van der Waals surface area (Å²) >= 11 is 0. The highest BCUT2D eigenvalue weighted by atomic mass is 16.2. The summed E-state index contributed by atoms with van der Waals surface area (Å²) in [6.07, 6.45) is 7.59. The van der Waals surface area contributed by atoms with Gasteiger partial charge < -0.3 is 15.2 Å². The molecule has 2 N–H and O–H groups in total. The first-order valence-electron chi connectivity index (χ1n) is 11.9. The van der Waals surface area contributed by atoms with Gasteiger partial charge >= 0.3 is 6.03 Å². The first-order valence-corrected chi connectivity index (χ1v) is 11.9. The molecule has 0 aromatic carbocycles. The lowest BCUT2D eigenvalue weighted by Gasteiger charge is -2.30. The van der Waals surface area contributed by atoms with Crippen LogP contribution in [0.4, 0.5) is 4.79 Å². The summed E-state index contributed by atoms with van der Waals surface area (Å²) in [6.45, 7) is 8.39. The zero-order valence-electron chi connectivity index (χ0n) is 19.8. The SMILES string of the molecule is Cc1c[nH]c2ncc(-c3cc4n(n3)CCC43CCN(C(=O)NC(C)(C)c4ccccn4)C3)cc12. The number of urea groups is 1. The number of carbonyl (C=O) groups excluding carboxylic acids is 1. The molecule has 0 aliphatic carbocycles. The lowest BCUT2D eigenvalue weighted by atomic mass is 9.82. The molecule has 6 rings (SSSR count). The van der Waals surface area contributed by atoms with Crippen molar-refractivity contribution in [2.45, 2.75) is 51.1 Å². The number of aromatic amines is 1. The van der Waals surface area contributed by atoms with Gasteiger partial charge in [0.1, 0.15) is 5.65 Å². The Kier molecular flexibility index (Phi) is 4.56. The Bertz CT molecular complexity index is 1390. The van der Waals surface area contributed by atoms with E-state index in [1.54, 1.807) is 6.20 Å².